The van der Waals surface area contributed by atoms with E-state index in [2.05, 4.69) is 10.3 Å². The zero-order valence-corrected chi connectivity index (χ0v) is 19.4. The SMILES string of the molecule is CCCC(=O)c1cc(NC(=O)N(c2ccccc2)c2ccccc2)c2c(Cl)cc(Cl)cc2n1. The lowest BCUT2D eigenvalue weighted by atomic mass is 10.1. The number of nitrogens with zero attached hydrogens (tertiary/aromatic N) is 2. The standard InChI is InChI=1S/C26H21Cl2N3O2/c1-2-9-24(32)21-16-23(25-20(28)14-17(27)15-22(25)29-21)30-26(33)31(18-10-5-3-6-11-18)19-12-7-4-8-13-19/h3-8,10-16H,2,9H2,1H3,(H,29,30,33). The van der Waals surface area contributed by atoms with Crippen LogP contribution in [0.2, 0.25) is 10.0 Å². The number of hydrogen-bond donors (Lipinski definition) is 1. The molecule has 0 unspecified atom stereocenters. The fraction of sp³-hybridized carbons (Fsp3) is 0.115. The van der Waals surface area contributed by atoms with Crippen LogP contribution in [-0.4, -0.2) is 16.8 Å². The highest BCUT2D eigenvalue weighted by molar-refractivity contribution is 6.39. The number of aromatic nitrogens is 1. The Bertz CT molecular complexity index is 1270. The number of urea groups is 1. The molecule has 0 fully saturated rings. The summed E-state index contributed by atoms with van der Waals surface area (Å²) >= 11 is 12.7. The predicted octanol–water partition coefficient (Wildman–Crippen LogP) is 7.89. The first-order valence-electron chi connectivity index (χ1n) is 10.5. The van der Waals surface area contributed by atoms with Crippen LogP contribution in [0.3, 0.4) is 0 Å². The number of pyridine rings is 1. The Morgan fingerprint density at radius 2 is 1.52 bits per heavy atom. The van der Waals surface area contributed by atoms with Gasteiger partial charge in [-0.2, -0.15) is 0 Å². The molecule has 0 radical (unpaired) electrons. The number of carbonyl (C=O) groups excluding carboxylic acids is 2. The molecule has 4 aromatic rings. The monoisotopic (exact) mass is 477 g/mol. The second-order valence-corrected chi connectivity index (χ2v) is 8.29. The van der Waals surface area contributed by atoms with Crippen molar-refractivity contribution in [3.63, 3.8) is 0 Å². The number of amides is 2. The molecule has 0 aliphatic rings. The summed E-state index contributed by atoms with van der Waals surface area (Å²) in [5.74, 6) is -0.117. The zero-order chi connectivity index (χ0) is 23.4. The molecule has 0 aliphatic carbocycles. The van der Waals surface area contributed by atoms with E-state index in [-0.39, 0.29) is 11.5 Å². The summed E-state index contributed by atoms with van der Waals surface area (Å²) in [5.41, 5.74) is 2.47. The number of para-hydroxylation sites is 2. The molecule has 3 aromatic carbocycles. The summed E-state index contributed by atoms with van der Waals surface area (Å²) in [7, 11) is 0. The van der Waals surface area contributed by atoms with Crippen molar-refractivity contribution < 1.29 is 9.59 Å². The van der Waals surface area contributed by atoms with Crippen molar-refractivity contribution in [3.8, 4) is 0 Å². The molecule has 0 atom stereocenters. The van der Waals surface area contributed by atoms with E-state index in [0.29, 0.717) is 50.9 Å². The summed E-state index contributed by atoms with van der Waals surface area (Å²) < 4.78 is 0. The molecule has 7 heteroatoms. The van der Waals surface area contributed by atoms with Gasteiger partial charge in [0.2, 0.25) is 0 Å². The molecule has 2 amide bonds. The summed E-state index contributed by atoms with van der Waals surface area (Å²) in [4.78, 5) is 32.2. The van der Waals surface area contributed by atoms with Crippen molar-refractivity contribution in [2.24, 2.45) is 0 Å². The van der Waals surface area contributed by atoms with Gasteiger partial charge in [0, 0.05) is 16.8 Å². The predicted molar refractivity (Wildman–Crippen MR) is 135 cm³/mol. The third kappa shape index (κ3) is 5.00. The minimum absolute atomic E-state index is 0.117. The summed E-state index contributed by atoms with van der Waals surface area (Å²) in [6.07, 6.45) is 1.03. The van der Waals surface area contributed by atoms with Crippen LogP contribution in [0, 0.1) is 0 Å². The van der Waals surface area contributed by atoms with Crippen molar-refractivity contribution in [1.29, 1.82) is 0 Å². The zero-order valence-electron chi connectivity index (χ0n) is 17.9. The summed E-state index contributed by atoms with van der Waals surface area (Å²) in [6, 6.07) is 23.0. The number of halogens is 2. The van der Waals surface area contributed by atoms with Gasteiger partial charge in [0.05, 0.1) is 27.6 Å². The van der Waals surface area contributed by atoms with Crippen molar-refractivity contribution in [2.45, 2.75) is 19.8 Å². The third-order valence-corrected chi connectivity index (χ3v) is 5.58. The Morgan fingerprint density at radius 1 is 0.909 bits per heavy atom. The molecule has 0 saturated heterocycles. The minimum Gasteiger partial charge on any atom is -0.306 e. The molecule has 0 bridgehead atoms. The van der Waals surface area contributed by atoms with Gasteiger partial charge in [0.1, 0.15) is 5.69 Å². The van der Waals surface area contributed by atoms with E-state index < -0.39 is 6.03 Å². The molecule has 0 aliphatic heterocycles. The molecule has 166 valence electrons. The van der Waals surface area contributed by atoms with E-state index in [1.807, 2.05) is 67.6 Å². The average molecular weight is 478 g/mol. The van der Waals surface area contributed by atoms with E-state index in [9.17, 15) is 9.59 Å². The topological polar surface area (TPSA) is 62.3 Å². The first-order chi connectivity index (χ1) is 16.0. The second kappa shape index (κ2) is 10.0. The van der Waals surface area contributed by atoms with Crippen LogP contribution in [0.25, 0.3) is 10.9 Å². The van der Waals surface area contributed by atoms with Crippen LogP contribution in [0.15, 0.2) is 78.9 Å². The maximum absolute atomic E-state index is 13.6. The Labute approximate surface area is 202 Å². The number of carbonyl (C=O) groups is 2. The van der Waals surface area contributed by atoms with E-state index >= 15 is 0 Å². The number of hydrogen-bond acceptors (Lipinski definition) is 3. The van der Waals surface area contributed by atoms with Gasteiger partial charge in [-0.1, -0.05) is 66.5 Å². The Kier molecular flexibility index (Phi) is 6.92. The van der Waals surface area contributed by atoms with Crippen molar-refractivity contribution in [2.75, 3.05) is 10.2 Å². The van der Waals surface area contributed by atoms with Gasteiger partial charge in [-0.05, 0) is 48.9 Å². The highest BCUT2D eigenvalue weighted by atomic mass is 35.5. The molecular formula is C26H21Cl2N3O2. The van der Waals surface area contributed by atoms with E-state index in [1.165, 1.54) is 0 Å². The molecule has 5 nitrogen and oxygen atoms in total. The van der Waals surface area contributed by atoms with Crippen molar-refractivity contribution in [1.82, 2.24) is 4.98 Å². The fourth-order valence-corrected chi connectivity index (χ4v) is 4.18. The van der Waals surface area contributed by atoms with Crippen LogP contribution in [0.4, 0.5) is 21.9 Å². The largest absolute Gasteiger partial charge is 0.330 e. The second-order valence-electron chi connectivity index (χ2n) is 7.45. The lowest BCUT2D eigenvalue weighted by Gasteiger charge is -2.24. The molecule has 1 heterocycles. The summed E-state index contributed by atoms with van der Waals surface area (Å²) in [6.45, 7) is 1.92. The van der Waals surface area contributed by atoms with Gasteiger partial charge in [-0.25, -0.2) is 9.78 Å². The van der Waals surface area contributed by atoms with Crippen molar-refractivity contribution >= 4 is 63.0 Å². The number of fused-ring (bicyclic) bond motifs is 1. The van der Waals surface area contributed by atoms with Crippen LogP contribution >= 0.6 is 23.2 Å². The minimum atomic E-state index is -0.403. The highest BCUT2D eigenvalue weighted by Gasteiger charge is 2.21. The number of benzene rings is 3. The van der Waals surface area contributed by atoms with Gasteiger partial charge in [0.25, 0.3) is 0 Å². The molecular weight excluding hydrogens is 457 g/mol. The molecule has 1 N–H and O–H groups in total. The van der Waals surface area contributed by atoms with Gasteiger partial charge in [-0.3, -0.25) is 9.69 Å². The lowest BCUT2D eigenvalue weighted by Crippen LogP contribution is -2.31. The van der Waals surface area contributed by atoms with E-state index in [0.717, 1.165) is 0 Å². The lowest BCUT2D eigenvalue weighted by molar-refractivity contribution is 0.0977. The Hall–Kier alpha value is -3.41. The first kappa shape index (κ1) is 22.8. The normalized spacial score (nSPS) is 10.8. The average Bonchev–Trinajstić information content (AvgIpc) is 2.80. The molecule has 0 saturated carbocycles. The maximum Gasteiger partial charge on any atom is 0.330 e. The summed E-state index contributed by atoms with van der Waals surface area (Å²) in [5, 5.41) is 4.19. The molecule has 33 heavy (non-hydrogen) atoms. The number of anilines is 3. The first-order valence-corrected chi connectivity index (χ1v) is 11.3. The molecule has 0 spiro atoms. The Balaban J connectivity index is 1.82. The van der Waals surface area contributed by atoms with Crippen LogP contribution in [0.5, 0.6) is 0 Å². The highest BCUT2D eigenvalue weighted by Crippen LogP contribution is 2.34. The van der Waals surface area contributed by atoms with E-state index in [4.69, 9.17) is 23.2 Å². The smallest absolute Gasteiger partial charge is 0.306 e. The molecule has 4 rings (SSSR count). The third-order valence-electron chi connectivity index (χ3n) is 5.06. The van der Waals surface area contributed by atoms with Crippen LogP contribution in [0.1, 0.15) is 30.3 Å². The number of Topliss-reactive ketones (excluding diaryl/α,β-unsaturated/α-hetero) is 1. The van der Waals surface area contributed by atoms with Gasteiger partial charge in [0.15, 0.2) is 5.78 Å². The molecule has 1 aromatic heterocycles. The van der Waals surface area contributed by atoms with Crippen LogP contribution < -0.4 is 10.2 Å². The van der Waals surface area contributed by atoms with E-state index in [1.54, 1.807) is 23.1 Å². The fourth-order valence-electron chi connectivity index (χ4n) is 3.59. The van der Waals surface area contributed by atoms with Gasteiger partial charge < -0.3 is 5.32 Å². The quantitative estimate of drug-likeness (QED) is 0.287. The number of rotatable bonds is 6. The maximum atomic E-state index is 13.6. The van der Waals surface area contributed by atoms with Crippen LogP contribution in [-0.2, 0) is 0 Å². The van der Waals surface area contributed by atoms with Gasteiger partial charge >= 0.3 is 6.03 Å². The van der Waals surface area contributed by atoms with Crippen molar-refractivity contribution in [3.05, 3.63) is 94.6 Å². The van der Waals surface area contributed by atoms with Gasteiger partial charge in [-0.15, -0.1) is 0 Å². The Morgan fingerprint density at radius 3 is 2.09 bits per heavy atom. The number of ketones is 1. The number of nitrogens with one attached hydrogen (secondary N) is 1.